The summed E-state index contributed by atoms with van der Waals surface area (Å²) in [6.07, 6.45) is 3.01. The predicted octanol–water partition coefficient (Wildman–Crippen LogP) is 0.583. The van der Waals surface area contributed by atoms with Crippen LogP contribution in [0.25, 0.3) is 0 Å². The van der Waals surface area contributed by atoms with Gasteiger partial charge in [0.25, 0.3) is 0 Å². The molecule has 1 aromatic rings. The van der Waals surface area contributed by atoms with Crippen molar-refractivity contribution in [2.24, 2.45) is 5.73 Å². The zero-order valence-electron chi connectivity index (χ0n) is 5.99. The first-order valence-corrected chi connectivity index (χ1v) is 3.48. The molecule has 2 N–H and O–H groups in total. The summed E-state index contributed by atoms with van der Waals surface area (Å²) in [7, 11) is 0. The second-order valence-electron chi connectivity index (χ2n) is 2.22. The standard InChI is InChI=1S/C6H8ClN3O/c1-4(6(8)11)10-3-5(7)2-9-10/h2-4H,1H3,(H2,8,11)/t4-/m1/s1. The average Bonchev–Trinajstić information content (AvgIpc) is 2.34. The summed E-state index contributed by atoms with van der Waals surface area (Å²) in [6, 6.07) is -0.442. The van der Waals surface area contributed by atoms with Crippen LogP contribution in [0.1, 0.15) is 13.0 Å². The van der Waals surface area contributed by atoms with Crippen molar-refractivity contribution in [3.8, 4) is 0 Å². The van der Waals surface area contributed by atoms with Crippen LogP contribution in [0.3, 0.4) is 0 Å². The fourth-order valence-electron chi connectivity index (χ4n) is 0.657. The smallest absolute Gasteiger partial charge is 0.241 e. The van der Waals surface area contributed by atoms with Crippen molar-refractivity contribution in [1.82, 2.24) is 9.78 Å². The van der Waals surface area contributed by atoms with Gasteiger partial charge in [0, 0.05) is 6.20 Å². The number of hydrogen-bond donors (Lipinski definition) is 1. The van der Waals surface area contributed by atoms with Crippen LogP contribution >= 0.6 is 11.6 Å². The highest BCUT2D eigenvalue weighted by Gasteiger charge is 2.10. The van der Waals surface area contributed by atoms with Gasteiger partial charge >= 0.3 is 0 Å². The molecule has 0 bridgehead atoms. The molecule has 0 spiro atoms. The number of nitrogens with zero attached hydrogens (tertiary/aromatic N) is 2. The minimum absolute atomic E-state index is 0.426. The van der Waals surface area contributed by atoms with Crippen LogP contribution in [-0.4, -0.2) is 15.7 Å². The Balaban J connectivity index is 2.84. The minimum Gasteiger partial charge on any atom is -0.368 e. The summed E-state index contributed by atoms with van der Waals surface area (Å²) >= 11 is 5.57. The summed E-state index contributed by atoms with van der Waals surface area (Å²) in [5.41, 5.74) is 5.03. The molecule has 1 heterocycles. The van der Waals surface area contributed by atoms with Crippen LogP contribution in [-0.2, 0) is 4.79 Å². The summed E-state index contributed by atoms with van der Waals surface area (Å²) in [4.78, 5) is 10.6. The SMILES string of the molecule is C[C@H](C(N)=O)n1cc(Cl)cn1. The molecule has 1 atom stereocenters. The number of carbonyl (C=O) groups excluding carboxylic acids is 1. The van der Waals surface area contributed by atoms with Crippen LogP contribution in [0, 0.1) is 0 Å². The van der Waals surface area contributed by atoms with Crippen molar-refractivity contribution in [3.63, 3.8) is 0 Å². The van der Waals surface area contributed by atoms with Gasteiger partial charge in [-0.25, -0.2) is 0 Å². The van der Waals surface area contributed by atoms with Gasteiger partial charge in [-0.1, -0.05) is 11.6 Å². The highest BCUT2D eigenvalue weighted by Crippen LogP contribution is 2.09. The third-order valence-corrected chi connectivity index (χ3v) is 1.57. The van der Waals surface area contributed by atoms with Crippen LogP contribution in [0.4, 0.5) is 0 Å². The van der Waals surface area contributed by atoms with Gasteiger partial charge in [0.15, 0.2) is 0 Å². The molecule has 0 aliphatic heterocycles. The lowest BCUT2D eigenvalue weighted by Gasteiger charge is -2.05. The molecule has 0 aliphatic carbocycles. The van der Waals surface area contributed by atoms with E-state index < -0.39 is 11.9 Å². The van der Waals surface area contributed by atoms with Crippen molar-refractivity contribution >= 4 is 17.5 Å². The zero-order chi connectivity index (χ0) is 8.43. The summed E-state index contributed by atoms with van der Waals surface area (Å²) in [6.45, 7) is 1.66. The van der Waals surface area contributed by atoms with Crippen molar-refractivity contribution in [3.05, 3.63) is 17.4 Å². The van der Waals surface area contributed by atoms with Gasteiger partial charge in [-0.2, -0.15) is 5.10 Å². The zero-order valence-corrected chi connectivity index (χ0v) is 6.75. The Kier molecular flexibility index (Phi) is 2.14. The molecule has 0 aromatic carbocycles. The lowest BCUT2D eigenvalue weighted by molar-refractivity contribution is -0.120. The quantitative estimate of drug-likeness (QED) is 0.712. The van der Waals surface area contributed by atoms with E-state index in [-0.39, 0.29) is 0 Å². The van der Waals surface area contributed by atoms with Gasteiger partial charge in [0.1, 0.15) is 6.04 Å². The second kappa shape index (κ2) is 2.92. The van der Waals surface area contributed by atoms with E-state index in [1.807, 2.05) is 0 Å². The Morgan fingerprint density at radius 1 is 1.91 bits per heavy atom. The van der Waals surface area contributed by atoms with Crippen molar-refractivity contribution in [2.45, 2.75) is 13.0 Å². The fraction of sp³-hybridized carbons (Fsp3) is 0.333. The number of hydrogen-bond acceptors (Lipinski definition) is 2. The minimum atomic E-state index is -0.442. The first-order chi connectivity index (χ1) is 5.11. The van der Waals surface area contributed by atoms with Crippen LogP contribution in [0.15, 0.2) is 12.4 Å². The molecule has 0 aliphatic rings. The molecule has 1 amide bonds. The first-order valence-electron chi connectivity index (χ1n) is 3.10. The topological polar surface area (TPSA) is 60.9 Å². The highest BCUT2D eigenvalue weighted by atomic mass is 35.5. The maximum atomic E-state index is 10.6. The van der Waals surface area contributed by atoms with E-state index in [4.69, 9.17) is 17.3 Å². The Labute approximate surface area is 68.9 Å². The molecule has 5 heteroatoms. The Morgan fingerprint density at radius 3 is 2.91 bits per heavy atom. The summed E-state index contributed by atoms with van der Waals surface area (Å²) in [5.74, 6) is -0.426. The number of aromatic nitrogens is 2. The summed E-state index contributed by atoms with van der Waals surface area (Å²) < 4.78 is 1.42. The lowest BCUT2D eigenvalue weighted by atomic mass is 10.3. The van der Waals surface area contributed by atoms with E-state index in [1.54, 1.807) is 13.1 Å². The average molecular weight is 174 g/mol. The number of amides is 1. The molecular weight excluding hydrogens is 166 g/mol. The number of carbonyl (C=O) groups is 1. The Morgan fingerprint density at radius 2 is 2.55 bits per heavy atom. The van der Waals surface area contributed by atoms with Crippen LogP contribution < -0.4 is 5.73 Å². The van der Waals surface area contributed by atoms with Crippen molar-refractivity contribution < 1.29 is 4.79 Å². The second-order valence-corrected chi connectivity index (χ2v) is 2.65. The monoisotopic (exact) mass is 173 g/mol. The molecule has 60 valence electrons. The normalized spacial score (nSPS) is 12.9. The highest BCUT2D eigenvalue weighted by molar-refractivity contribution is 6.30. The van der Waals surface area contributed by atoms with Gasteiger partial charge in [-0.3, -0.25) is 9.48 Å². The molecule has 0 saturated carbocycles. The summed E-state index contributed by atoms with van der Waals surface area (Å²) in [5, 5.41) is 4.32. The third kappa shape index (κ3) is 1.71. The number of nitrogens with two attached hydrogens (primary N) is 1. The molecular formula is C6H8ClN3O. The first kappa shape index (κ1) is 8.07. The maximum Gasteiger partial charge on any atom is 0.241 e. The molecule has 1 rings (SSSR count). The molecule has 0 fully saturated rings. The Bertz CT molecular complexity index is 271. The van der Waals surface area contributed by atoms with Gasteiger partial charge in [0.05, 0.1) is 11.2 Å². The van der Waals surface area contributed by atoms with Gasteiger partial charge in [-0.15, -0.1) is 0 Å². The molecule has 0 unspecified atom stereocenters. The van der Waals surface area contributed by atoms with E-state index in [2.05, 4.69) is 5.10 Å². The third-order valence-electron chi connectivity index (χ3n) is 1.38. The number of primary amides is 1. The van der Waals surface area contributed by atoms with E-state index in [9.17, 15) is 4.79 Å². The van der Waals surface area contributed by atoms with E-state index in [1.165, 1.54) is 10.9 Å². The molecule has 1 aromatic heterocycles. The maximum absolute atomic E-state index is 10.6. The predicted molar refractivity (Wildman–Crippen MR) is 41.1 cm³/mol. The van der Waals surface area contributed by atoms with E-state index in [0.717, 1.165) is 0 Å². The lowest BCUT2D eigenvalue weighted by Crippen LogP contribution is -2.24. The molecule has 11 heavy (non-hydrogen) atoms. The van der Waals surface area contributed by atoms with Gasteiger partial charge in [0.2, 0.25) is 5.91 Å². The molecule has 4 nitrogen and oxygen atoms in total. The van der Waals surface area contributed by atoms with E-state index >= 15 is 0 Å². The molecule has 0 saturated heterocycles. The van der Waals surface area contributed by atoms with E-state index in [0.29, 0.717) is 5.02 Å². The molecule has 0 radical (unpaired) electrons. The largest absolute Gasteiger partial charge is 0.368 e. The fourth-order valence-corrected chi connectivity index (χ4v) is 0.801. The van der Waals surface area contributed by atoms with Crippen molar-refractivity contribution in [2.75, 3.05) is 0 Å². The van der Waals surface area contributed by atoms with Crippen LogP contribution in [0.2, 0.25) is 5.02 Å². The van der Waals surface area contributed by atoms with Gasteiger partial charge in [-0.05, 0) is 6.92 Å². The van der Waals surface area contributed by atoms with Crippen LogP contribution in [0.5, 0.6) is 0 Å². The number of halogens is 1. The number of rotatable bonds is 2. The Hall–Kier alpha value is -1.03. The van der Waals surface area contributed by atoms with Gasteiger partial charge < -0.3 is 5.73 Å². The van der Waals surface area contributed by atoms with Crippen molar-refractivity contribution in [1.29, 1.82) is 0 Å².